The van der Waals surface area contributed by atoms with Crippen molar-refractivity contribution in [1.82, 2.24) is 9.55 Å². The lowest BCUT2D eigenvalue weighted by Gasteiger charge is -2.28. The van der Waals surface area contributed by atoms with E-state index in [2.05, 4.69) is 4.98 Å². The van der Waals surface area contributed by atoms with Gasteiger partial charge in [-0.2, -0.15) is 9.88 Å². The molecule has 1 saturated heterocycles. The molecule has 1 fully saturated rings. The third-order valence-corrected chi connectivity index (χ3v) is 14.3. The van der Waals surface area contributed by atoms with Crippen LogP contribution in [0.5, 0.6) is 0 Å². The number of halogens is 1. The van der Waals surface area contributed by atoms with Crippen LogP contribution in [0.1, 0.15) is 81.5 Å². The fourth-order valence-corrected chi connectivity index (χ4v) is 10.8. The lowest BCUT2D eigenvalue weighted by molar-refractivity contribution is -0.141. The van der Waals surface area contributed by atoms with Crippen LogP contribution in [0.3, 0.4) is 0 Å². The van der Waals surface area contributed by atoms with E-state index in [0.717, 1.165) is 28.6 Å². The summed E-state index contributed by atoms with van der Waals surface area (Å²) in [5, 5.41) is -2.56. The summed E-state index contributed by atoms with van der Waals surface area (Å²) in [6, 6.07) is 1.12. The van der Waals surface area contributed by atoms with Crippen LogP contribution >= 0.6 is 62.8 Å². The molecule has 2 heterocycles. The van der Waals surface area contributed by atoms with E-state index in [9.17, 15) is 33.3 Å². The van der Waals surface area contributed by atoms with E-state index in [-0.39, 0.29) is 26.4 Å². The molecule has 2 amide bonds. The van der Waals surface area contributed by atoms with Crippen LogP contribution in [0.15, 0.2) is 17.1 Å². The second-order valence-electron chi connectivity index (χ2n) is 15.7. The number of hydrogen-bond donors (Lipinski definition) is 0. The van der Waals surface area contributed by atoms with Gasteiger partial charge in [-0.3, -0.25) is 27.7 Å². The lowest BCUT2D eigenvalue weighted by atomic mass is 10.1. The third kappa shape index (κ3) is 22.0. The number of alkyl halides is 1. The van der Waals surface area contributed by atoms with Gasteiger partial charge in [-0.05, 0) is 68.4 Å². The summed E-state index contributed by atoms with van der Waals surface area (Å²) in [5.74, 6) is 0.378. The number of hydrogen-bond acceptors (Lipinski definition) is 22. The molecule has 0 bridgehead atoms. The molecule has 0 unspecified atom stereocenters. The van der Waals surface area contributed by atoms with Gasteiger partial charge in [0.2, 0.25) is 0 Å². The van der Waals surface area contributed by atoms with Crippen molar-refractivity contribution in [2.75, 3.05) is 60.9 Å². The Bertz CT molecular complexity index is 1700. The number of anilines is 1. The van der Waals surface area contributed by atoms with E-state index < -0.39 is 95.9 Å². The number of carbonyl (C=O) groups excluding carboxylic acids is 5. The number of imide groups is 1. The van der Waals surface area contributed by atoms with Gasteiger partial charge in [0, 0.05) is 43.1 Å². The molecule has 1 aliphatic heterocycles. The molecular weight excluding hydrogens is 941 g/mol. The highest BCUT2D eigenvalue weighted by molar-refractivity contribution is 8.77. The number of thioether (sulfide) groups is 1. The molecule has 2 rings (SSSR count). The zero-order valence-corrected chi connectivity index (χ0v) is 41.5. The maximum Gasteiger partial charge on any atom is 0.509 e. The Labute approximate surface area is 381 Å². The number of rotatable bonds is 22. The molecule has 0 N–H and O–H groups in total. The van der Waals surface area contributed by atoms with Crippen molar-refractivity contribution in [2.24, 2.45) is 0 Å². The first-order valence-corrected chi connectivity index (χ1v) is 26.4. The van der Waals surface area contributed by atoms with E-state index in [0.29, 0.717) is 27.9 Å². The van der Waals surface area contributed by atoms with E-state index in [1.54, 1.807) is 62.3 Å². The summed E-state index contributed by atoms with van der Waals surface area (Å²) in [6.45, 7) is 16.4. The molecule has 1 aliphatic rings. The number of phosphoric ester groups is 1. The zero-order valence-electron chi connectivity index (χ0n) is 36.6. The zero-order chi connectivity index (χ0) is 46.9. The lowest BCUT2D eigenvalue weighted by Crippen LogP contribution is -2.45. The first-order chi connectivity index (χ1) is 28.7. The fraction of sp³-hybridized carbons (Fsp3) is 0.750. The number of phosphoric acid groups is 1. The van der Waals surface area contributed by atoms with Crippen molar-refractivity contribution in [2.45, 2.75) is 116 Å². The van der Waals surface area contributed by atoms with Gasteiger partial charge < -0.3 is 28.4 Å². The van der Waals surface area contributed by atoms with E-state index >= 15 is 4.39 Å². The molecule has 0 aromatic carbocycles. The molecule has 19 nitrogen and oxygen atoms in total. The normalized spacial score (nSPS) is 18.1. The molecule has 0 spiro atoms. The Balaban J connectivity index is 2.36. The Morgan fingerprint density at radius 2 is 1.21 bits per heavy atom. The summed E-state index contributed by atoms with van der Waals surface area (Å²) < 4.78 is 79.7. The maximum atomic E-state index is 16.6. The van der Waals surface area contributed by atoms with Gasteiger partial charge in [-0.15, -0.1) is 11.8 Å². The van der Waals surface area contributed by atoms with Gasteiger partial charge in [0.25, 0.3) is 0 Å². The van der Waals surface area contributed by atoms with Crippen molar-refractivity contribution < 1.29 is 74.9 Å². The van der Waals surface area contributed by atoms with E-state index in [1.807, 2.05) is 0 Å². The minimum Gasteiger partial charge on any atom is -0.465 e. The fourth-order valence-electron chi connectivity index (χ4n) is 4.49. The number of ether oxygens (including phenoxy) is 6. The van der Waals surface area contributed by atoms with E-state index in [4.69, 9.17) is 42.0 Å². The second-order valence-corrected chi connectivity index (χ2v) is 24.1. The van der Waals surface area contributed by atoms with Crippen molar-refractivity contribution in [3.63, 3.8) is 0 Å². The highest BCUT2D eigenvalue weighted by Crippen LogP contribution is 2.53. The molecule has 4 atom stereocenters. The Morgan fingerprint density at radius 1 is 0.758 bits per heavy atom. The van der Waals surface area contributed by atoms with Crippen LogP contribution < -0.4 is 10.6 Å². The topological polar surface area (TPSA) is 224 Å². The number of esters is 2. The standard InChI is InChI=1S/C36H57FN3O16PS5/c1-23(41)48-14-18-58-60-20-16-50-57(47,51-17-21-61-59-19-15-49-24(2)42)52-22-25-28(53-33(46)56-36(9,10)11)27(37)29(62-25)39-13-12-26(38-30(39)43)40(31(44)54-34(3,4)5)32(45)55-35(6,7)8/h12-13,25,27-29H,14-22H2,1-11H3/t25-,27+,28-,29-/m1/s1. The maximum absolute atomic E-state index is 16.6. The Hall–Kier alpha value is -2.38. The number of nitrogens with zero attached hydrogens (tertiary/aromatic N) is 3. The monoisotopic (exact) mass is 997 g/mol. The van der Waals surface area contributed by atoms with Crippen LogP contribution in [0, 0.1) is 0 Å². The first kappa shape index (κ1) is 55.8. The Morgan fingerprint density at radius 3 is 1.63 bits per heavy atom. The van der Waals surface area contributed by atoms with Crippen LogP contribution in [0.2, 0.25) is 0 Å². The number of aromatic nitrogens is 2. The predicted molar refractivity (Wildman–Crippen MR) is 238 cm³/mol. The molecule has 26 heteroatoms. The van der Waals surface area contributed by atoms with Crippen LogP contribution in [-0.2, 0) is 56.1 Å². The summed E-state index contributed by atoms with van der Waals surface area (Å²) in [4.78, 5) is 79.2. The molecule has 1 aromatic heterocycles. The first-order valence-electron chi connectivity index (χ1n) is 19.0. The average molecular weight is 998 g/mol. The smallest absolute Gasteiger partial charge is 0.465 e. The summed E-state index contributed by atoms with van der Waals surface area (Å²) in [5.41, 5.74) is -4.21. The molecule has 62 heavy (non-hydrogen) atoms. The molecule has 1 aromatic rings. The largest absolute Gasteiger partial charge is 0.509 e. The van der Waals surface area contributed by atoms with Crippen molar-refractivity contribution in [3.05, 3.63) is 22.7 Å². The number of amides is 2. The minimum atomic E-state index is -4.37. The van der Waals surface area contributed by atoms with Crippen LogP contribution in [-0.4, -0.2) is 130 Å². The molecule has 0 saturated carbocycles. The summed E-state index contributed by atoms with van der Waals surface area (Å²) in [6.07, 6.45) is -6.22. The van der Waals surface area contributed by atoms with Gasteiger partial charge in [-0.1, -0.05) is 43.2 Å². The van der Waals surface area contributed by atoms with Gasteiger partial charge in [0.05, 0.1) is 25.1 Å². The van der Waals surface area contributed by atoms with E-state index in [1.165, 1.54) is 57.0 Å². The van der Waals surface area contributed by atoms with Gasteiger partial charge >= 0.3 is 43.8 Å². The van der Waals surface area contributed by atoms with Crippen LogP contribution in [0.4, 0.5) is 24.6 Å². The SMILES string of the molecule is CC(=O)OCCSSCCOP(=O)(OCCSSCCOC(C)=O)OC[C@H]1S[C@@H](n2ccc(N(C(=O)OC(C)(C)C)C(=O)OC(C)(C)C)nc2=O)[C@@H](F)[C@@H]1OC(=O)OC(C)(C)C. The van der Waals surface area contributed by atoms with Gasteiger partial charge in [-0.25, -0.2) is 28.1 Å². The quantitative estimate of drug-likeness (QED) is 0.0350. The average Bonchev–Trinajstić information content (AvgIpc) is 3.41. The van der Waals surface area contributed by atoms with Crippen molar-refractivity contribution in [1.29, 1.82) is 0 Å². The number of carbonyl (C=O) groups is 5. The molecular formula is C36H57FN3O16PS5. The van der Waals surface area contributed by atoms with Crippen molar-refractivity contribution in [3.8, 4) is 0 Å². The minimum absolute atomic E-state index is 0.103. The van der Waals surface area contributed by atoms with Crippen LogP contribution in [0.25, 0.3) is 0 Å². The highest BCUT2D eigenvalue weighted by atomic mass is 33.1. The summed E-state index contributed by atoms with van der Waals surface area (Å²) >= 11 is 0.795. The third-order valence-electron chi connectivity index (χ3n) is 6.70. The van der Waals surface area contributed by atoms with Gasteiger partial charge in [0.15, 0.2) is 18.1 Å². The molecule has 354 valence electrons. The second kappa shape index (κ2) is 25.9. The highest BCUT2D eigenvalue weighted by Gasteiger charge is 2.50. The van der Waals surface area contributed by atoms with Crippen molar-refractivity contribution >= 4 is 98.9 Å². The molecule has 0 radical (unpaired) electrons. The predicted octanol–water partition coefficient (Wildman–Crippen LogP) is 8.24. The molecule has 0 aliphatic carbocycles. The summed E-state index contributed by atoms with van der Waals surface area (Å²) in [7, 11) is 1.14. The van der Waals surface area contributed by atoms with Gasteiger partial charge in [0.1, 0.15) is 35.4 Å². The Kier molecular flexibility index (Phi) is 23.3.